The summed E-state index contributed by atoms with van der Waals surface area (Å²) in [4.78, 5) is 22.3. The van der Waals surface area contributed by atoms with Crippen molar-refractivity contribution in [3.8, 4) is 5.75 Å². The van der Waals surface area contributed by atoms with Gasteiger partial charge in [-0.1, -0.05) is 6.07 Å². The third-order valence-corrected chi connectivity index (χ3v) is 3.22. The minimum atomic E-state index is -0.238. The number of rotatable bonds is 5. The number of nitrogens with one attached hydrogen (secondary N) is 1. The first kappa shape index (κ1) is 15.2. The maximum atomic E-state index is 11.5. The first-order valence-corrected chi connectivity index (χ1v) is 6.26. The second kappa shape index (κ2) is 6.36. The maximum Gasteiger partial charge on any atom is 0.227 e. The molecule has 1 aromatic rings. The summed E-state index contributed by atoms with van der Waals surface area (Å²) >= 11 is 0. The Kier molecular flexibility index (Phi) is 5.10. The maximum absolute atomic E-state index is 11.5. The fourth-order valence-electron chi connectivity index (χ4n) is 2.12. The predicted molar refractivity (Wildman–Crippen MR) is 74.3 cm³/mol. The highest BCUT2D eigenvalue weighted by Crippen LogP contribution is 2.28. The Balaban J connectivity index is 2.85. The van der Waals surface area contributed by atoms with E-state index in [1.807, 2.05) is 26.8 Å². The fraction of sp³-hybridized carbons (Fsp3) is 0.467. The summed E-state index contributed by atoms with van der Waals surface area (Å²) in [6.45, 7) is 7.83. The van der Waals surface area contributed by atoms with Crippen molar-refractivity contribution in [2.45, 2.75) is 40.7 Å². The van der Waals surface area contributed by atoms with Crippen LogP contribution in [0.3, 0.4) is 0 Å². The largest absolute Gasteiger partial charge is 0.496 e. The predicted octanol–water partition coefficient (Wildman–Crippen LogP) is 2.22. The van der Waals surface area contributed by atoms with Gasteiger partial charge in [-0.3, -0.25) is 9.59 Å². The van der Waals surface area contributed by atoms with Gasteiger partial charge >= 0.3 is 0 Å². The van der Waals surface area contributed by atoms with Gasteiger partial charge in [-0.15, -0.1) is 0 Å². The zero-order valence-electron chi connectivity index (χ0n) is 12.2. The molecule has 0 radical (unpaired) electrons. The Morgan fingerprint density at radius 1 is 1.21 bits per heavy atom. The Morgan fingerprint density at radius 2 is 1.84 bits per heavy atom. The lowest BCUT2D eigenvalue weighted by Gasteiger charge is -2.16. The van der Waals surface area contributed by atoms with E-state index in [0.717, 1.165) is 28.0 Å². The number of ketones is 1. The van der Waals surface area contributed by atoms with Crippen LogP contribution in [0.2, 0.25) is 0 Å². The molecule has 4 nitrogen and oxygen atoms in total. The number of methoxy groups -OCH3 is 1. The summed E-state index contributed by atoms with van der Waals surface area (Å²) in [6.07, 6.45) is -0.0623. The van der Waals surface area contributed by atoms with Crippen LogP contribution in [0.25, 0.3) is 0 Å². The molecule has 0 saturated heterocycles. The molecule has 1 amide bonds. The summed E-state index contributed by atoms with van der Waals surface area (Å²) < 4.78 is 5.36. The van der Waals surface area contributed by atoms with Gasteiger partial charge in [0.2, 0.25) is 5.91 Å². The van der Waals surface area contributed by atoms with Gasteiger partial charge in [0.25, 0.3) is 0 Å². The topological polar surface area (TPSA) is 55.4 Å². The standard InChI is InChI=1S/C15H21NO3/c1-9-6-13(8-16-14(18)7-10(2)17)11(3)12(4)15(9)19-5/h6H,7-8H2,1-5H3,(H,16,18). The zero-order valence-corrected chi connectivity index (χ0v) is 12.2. The number of aryl methyl sites for hydroxylation is 1. The second-order valence-electron chi connectivity index (χ2n) is 4.79. The van der Waals surface area contributed by atoms with Crippen molar-refractivity contribution >= 4 is 11.7 Å². The van der Waals surface area contributed by atoms with Crippen molar-refractivity contribution in [2.24, 2.45) is 0 Å². The van der Waals surface area contributed by atoms with E-state index in [1.165, 1.54) is 6.92 Å². The minimum absolute atomic E-state index is 0.0623. The van der Waals surface area contributed by atoms with Gasteiger partial charge in [0.05, 0.1) is 13.5 Å². The van der Waals surface area contributed by atoms with Crippen molar-refractivity contribution in [1.29, 1.82) is 0 Å². The van der Waals surface area contributed by atoms with Gasteiger partial charge in [-0.2, -0.15) is 0 Å². The lowest BCUT2D eigenvalue weighted by Crippen LogP contribution is -2.25. The lowest BCUT2D eigenvalue weighted by molar-refractivity contribution is -0.127. The first-order valence-electron chi connectivity index (χ1n) is 6.26. The number of hydrogen-bond donors (Lipinski definition) is 1. The first-order chi connectivity index (χ1) is 8.86. The average Bonchev–Trinajstić information content (AvgIpc) is 2.32. The number of hydrogen-bond acceptors (Lipinski definition) is 3. The molecule has 0 aliphatic carbocycles. The molecule has 0 unspecified atom stereocenters. The Bertz CT molecular complexity index is 507. The number of amides is 1. The Labute approximate surface area is 114 Å². The average molecular weight is 263 g/mol. The summed E-state index contributed by atoms with van der Waals surface area (Å²) in [5.74, 6) is 0.519. The number of carbonyl (C=O) groups excluding carboxylic acids is 2. The summed E-state index contributed by atoms with van der Waals surface area (Å²) in [5, 5.41) is 2.76. The van der Waals surface area contributed by atoms with Crippen molar-refractivity contribution in [3.05, 3.63) is 28.3 Å². The molecule has 0 aliphatic heterocycles. The molecule has 0 saturated carbocycles. The molecule has 0 atom stereocenters. The third-order valence-electron chi connectivity index (χ3n) is 3.22. The van der Waals surface area contributed by atoms with Crippen LogP contribution in [0.5, 0.6) is 5.75 Å². The number of ether oxygens (including phenoxy) is 1. The second-order valence-corrected chi connectivity index (χ2v) is 4.79. The highest BCUT2D eigenvalue weighted by molar-refractivity contribution is 5.96. The van der Waals surface area contributed by atoms with E-state index >= 15 is 0 Å². The number of benzene rings is 1. The van der Waals surface area contributed by atoms with Crippen molar-refractivity contribution in [3.63, 3.8) is 0 Å². The summed E-state index contributed by atoms with van der Waals surface area (Å²) in [5.41, 5.74) is 4.28. The Morgan fingerprint density at radius 3 is 2.37 bits per heavy atom. The summed E-state index contributed by atoms with van der Waals surface area (Å²) in [7, 11) is 1.66. The lowest BCUT2D eigenvalue weighted by atomic mass is 9.98. The molecule has 104 valence electrons. The van der Waals surface area contributed by atoms with Gasteiger partial charge in [0.1, 0.15) is 11.5 Å². The van der Waals surface area contributed by atoms with Crippen LogP contribution in [0.1, 0.15) is 35.6 Å². The highest BCUT2D eigenvalue weighted by atomic mass is 16.5. The number of Topliss-reactive ketones (excluding diaryl/α,β-unsaturated/α-hetero) is 1. The molecule has 0 aromatic heterocycles. The molecule has 0 heterocycles. The van der Waals surface area contributed by atoms with Crippen LogP contribution in [-0.2, 0) is 16.1 Å². The molecule has 1 rings (SSSR count). The van der Waals surface area contributed by atoms with Crippen molar-refractivity contribution in [1.82, 2.24) is 5.32 Å². The molecule has 19 heavy (non-hydrogen) atoms. The van der Waals surface area contributed by atoms with E-state index in [-0.39, 0.29) is 18.1 Å². The fourth-order valence-corrected chi connectivity index (χ4v) is 2.12. The molecule has 1 aromatic carbocycles. The quantitative estimate of drug-likeness (QED) is 0.829. The van der Waals surface area contributed by atoms with E-state index < -0.39 is 0 Å². The van der Waals surface area contributed by atoms with E-state index in [1.54, 1.807) is 7.11 Å². The minimum Gasteiger partial charge on any atom is -0.496 e. The van der Waals surface area contributed by atoms with E-state index in [9.17, 15) is 9.59 Å². The normalized spacial score (nSPS) is 10.2. The molecule has 0 fully saturated rings. The van der Waals surface area contributed by atoms with Crippen LogP contribution in [0.4, 0.5) is 0 Å². The van der Waals surface area contributed by atoms with Gasteiger partial charge in [0.15, 0.2) is 0 Å². The Hall–Kier alpha value is -1.84. The molecule has 0 aliphatic rings. The molecule has 0 bridgehead atoms. The van der Waals surface area contributed by atoms with Gasteiger partial charge < -0.3 is 10.1 Å². The monoisotopic (exact) mass is 263 g/mol. The SMILES string of the molecule is COc1c(C)cc(CNC(=O)CC(C)=O)c(C)c1C. The van der Waals surface area contributed by atoms with Crippen LogP contribution in [0.15, 0.2) is 6.07 Å². The van der Waals surface area contributed by atoms with Crippen LogP contribution >= 0.6 is 0 Å². The summed E-state index contributed by atoms with van der Waals surface area (Å²) in [6, 6.07) is 2.01. The van der Waals surface area contributed by atoms with E-state index in [4.69, 9.17) is 4.74 Å². The van der Waals surface area contributed by atoms with Crippen molar-refractivity contribution in [2.75, 3.05) is 7.11 Å². The van der Waals surface area contributed by atoms with Crippen LogP contribution < -0.4 is 10.1 Å². The zero-order chi connectivity index (χ0) is 14.6. The van der Waals surface area contributed by atoms with E-state index in [0.29, 0.717) is 6.54 Å². The number of carbonyl (C=O) groups is 2. The van der Waals surface area contributed by atoms with Crippen LogP contribution in [-0.4, -0.2) is 18.8 Å². The molecular formula is C15H21NO3. The van der Waals surface area contributed by atoms with Crippen LogP contribution in [0, 0.1) is 20.8 Å². The van der Waals surface area contributed by atoms with Gasteiger partial charge in [-0.25, -0.2) is 0 Å². The highest BCUT2D eigenvalue weighted by Gasteiger charge is 2.11. The molecule has 0 spiro atoms. The third kappa shape index (κ3) is 3.81. The smallest absolute Gasteiger partial charge is 0.227 e. The van der Waals surface area contributed by atoms with Crippen molar-refractivity contribution < 1.29 is 14.3 Å². The molecular weight excluding hydrogens is 242 g/mol. The molecule has 4 heteroatoms. The van der Waals surface area contributed by atoms with Gasteiger partial charge in [-0.05, 0) is 49.9 Å². The van der Waals surface area contributed by atoms with E-state index in [2.05, 4.69) is 5.32 Å². The van der Waals surface area contributed by atoms with Gasteiger partial charge in [0, 0.05) is 6.54 Å². The molecule has 1 N–H and O–H groups in total.